The molecule has 142 valence electrons. The van der Waals surface area contributed by atoms with E-state index >= 15 is 0 Å². The Morgan fingerprint density at radius 3 is 2.65 bits per heavy atom. The molecule has 0 aromatic carbocycles. The fourth-order valence-electron chi connectivity index (χ4n) is 4.38. The van der Waals surface area contributed by atoms with Gasteiger partial charge >= 0.3 is 0 Å². The molecule has 26 heavy (non-hydrogen) atoms. The molecule has 1 aliphatic carbocycles. The number of piperidine rings is 2. The number of nitrogens with zero attached hydrogens (tertiary/aromatic N) is 5. The number of likely N-dealkylation sites (tertiary alicyclic amines) is 1. The molecule has 6 heteroatoms. The molecule has 1 aromatic rings. The minimum atomic E-state index is 0.309. The maximum absolute atomic E-state index is 12.3. The molecule has 0 bridgehead atoms. The zero-order valence-electron chi connectivity index (χ0n) is 16.2. The monoisotopic (exact) mass is 357 g/mol. The van der Waals surface area contributed by atoms with Gasteiger partial charge in [0.2, 0.25) is 5.91 Å². The second kappa shape index (κ2) is 7.14. The van der Waals surface area contributed by atoms with E-state index in [-0.39, 0.29) is 0 Å². The second-order valence-corrected chi connectivity index (χ2v) is 8.68. The molecule has 1 saturated carbocycles. The molecule has 1 spiro atoms. The summed E-state index contributed by atoms with van der Waals surface area (Å²) in [5.74, 6) is 2.10. The van der Waals surface area contributed by atoms with Gasteiger partial charge in [0.15, 0.2) is 0 Å². The molecule has 3 aliphatic rings. The van der Waals surface area contributed by atoms with Crippen LogP contribution in [0.5, 0.6) is 0 Å². The van der Waals surface area contributed by atoms with Crippen molar-refractivity contribution < 1.29 is 4.79 Å². The number of carbonyl (C=O) groups excluding carboxylic acids is 1. The van der Waals surface area contributed by atoms with Crippen LogP contribution >= 0.6 is 0 Å². The molecular weight excluding hydrogens is 326 g/mol. The Labute approximate surface area is 156 Å². The molecule has 6 nitrogen and oxygen atoms in total. The first kappa shape index (κ1) is 17.7. The summed E-state index contributed by atoms with van der Waals surface area (Å²) in [4.78, 5) is 28.0. The normalized spacial score (nSPS) is 23.1. The van der Waals surface area contributed by atoms with E-state index in [2.05, 4.69) is 44.8 Å². The van der Waals surface area contributed by atoms with E-state index in [0.29, 0.717) is 23.7 Å². The summed E-state index contributed by atoms with van der Waals surface area (Å²) in [6.45, 7) is 4.81. The van der Waals surface area contributed by atoms with Crippen molar-refractivity contribution in [2.45, 2.75) is 44.4 Å². The van der Waals surface area contributed by atoms with Gasteiger partial charge in [0.05, 0.1) is 0 Å². The molecule has 3 fully saturated rings. The fraction of sp³-hybridized carbons (Fsp3) is 0.750. The van der Waals surface area contributed by atoms with Gasteiger partial charge in [0.25, 0.3) is 0 Å². The molecule has 3 heterocycles. The van der Waals surface area contributed by atoms with Gasteiger partial charge in [0, 0.05) is 56.8 Å². The summed E-state index contributed by atoms with van der Waals surface area (Å²) >= 11 is 0. The Morgan fingerprint density at radius 1 is 1.19 bits per heavy atom. The van der Waals surface area contributed by atoms with Crippen molar-refractivity contribution in [1.29, 1.82) is 0 Å². The summed E-state index contributed by atoms with van der Waals surface area (Å²) in [6.07, 6.45) is 8.35. The molecule has 0 atom stereocenters. The van der Waals surface area contributed by atoms with Crippen molar-refractivity contribution in [2.24, 2.45) is 5.41 Å². The van der Waals surface area contributed by atoms with Gasteiger partial charge in [0.1, 0.15) is 12.1 Å². The molecule has 2 saturated heterocycles. The van der Waals surface area contributed by atoms with Gasteiger partial charge in [-0.1, -0.05) is 0 Å². The number of aromatic nitrogens is 2. The number of hydrogen-bond donors (Lipinski definition) is 0. The Bertz CT molecular complexity index is 649. The largest absolute Gasteiger partial charge is 0.356 e. The van der Waals surface area contributed by atoms with E-state index in [1.165, 1.54) is 18.5 Å². The van der Waals surface area contributed by atoms with Crippen LogP contribution in [0, 0.1) is 5.41 Å². The smallest absolute Gasteiger partial charge is 0.222 e. The maximum atomic E-state index is 12.3. The van der Waals surface area contributed by atoms with Crippen LogP contribution in [0.2, 0.25) is 0 Å². The van der Waals surface area contributed by atoms with Crippen LogP contribution in [0.4, 0.5) is 5.82 Å². The molecule has 0 unspecified atom stereocenters. The molecule has 4 rings (SSSR count). The summed E-state index contributed by atoms with van der Waals surface area (Å²) in [6, 6.07) is 2.20. The summed E-state index contributed by atoms with van der Waals surface area (Å²) in [5, 5.41) is 0. The Balaban J connectivity index is 1.37. The van der Waals surface area contributed by atoms with Gasteiger partial charge in [-0.3, -0.25) is 4.79 Å². The highest BCUT2D eigenvalue weighted by Crippen LogP contribution is 2.42. The second-order valence-electron chi connectivity index (χ2n) is 8.68. The van der Waals surface area contributed by atoms with Crippen molar-refractivity contribution in [3.63, 3.8) is 0 Å². The quantitative estimate of drug-likeness (QED) is 0.808. The van der Waals surface area contributed by atoms with E-state index in [4.69, 9.17) is 0 Å². The van der Waals surface area contributed by atoms with Crippen LogP contribution in [-0.4, -0.2) is 72.5 Å². The molecular formula is C20H31N5O. The Hall–Kier alpha value is -1.69. The predicted octanol–water partition coefficient (Wildman–Crippen LogP) is 2.12. The molecule has 0 N–H and O–H groups in total. The molecule has 2 aliphatic heterocycles. The van der Waals surface area contributed by atoms with Crippen molar-refractivity contribution in [3.8, 4) is 0 Å². The lowest BCUT2D eigenvalue weighted by atomic mass is 9.72. The maximum Gasteiger partial charge on any atom is 0.222 e. The summed E-state index contributed by atoms with van der Waals surface area (Å²) in [5.41, 5.74) is 1.52. The fourth-order valence-corrected chi connectivity index (χ4v) is 4.38. The first-order valence-corrected chi connectivity index (χ1v) is 10.0. The van der Waals surface area contributed by atoms with E-state index < -0.39 is 0 Å². The third kappa shape index (κ3) is 3.85. The molecule has 0 radical (unpaired) electrons. The zero-order chi connectivity index (χ0) is 18.1. The van der Waals surface area contributed by atoms with Crippen LogP contribution in [0.25, 0.3) is 0 Å². The highest BCUT2D eigenvalue weighted by atomic mass is 16.2. The molecule has 1 aromatic heterocycles. The van der Waals surface area contributed by atoms with E-state index in [1.54, 1.807) is 6.33 Å². The number of anilines is 1. The van der Waals surface area contributed by atoms with Crippen molar-refractivity contribution >= 4 is 11.7 Å². The van der Waals surface area contributed by atoms with Crippen LogP contribution < -0.4 is 4.90 Å². The van der Waals surface area contributed by atoms with E-state index in [9.17, 15) is 4.79 Å². The topological polar surface area (TPSA) is 52.6 Å². The zero-order valence-corrected chi connectivity index (χ0v) is 16.2. The Morgan fingerprint density at radius 2 is 1.96 bits per heavy atom. The number of carbonyl (C=O) groups is 1. The third-order valence-corrected chi connectivity index (χ3v) is 6.38. The number of hydrogen-bond acceptors (Lipinski definition) is 5. The molecule has 1 amide bonds. The minimum absolute atomic E-state index is 0.309. The minimum Gasteiger partial charge on any atom is -0.356 e. The average molecular weight is 358 g/mol. The van der Waals surface area contributed by atoms with Gasteiger partial charge < -0.3 is 14.7 Å². The Kier molecular flexibility index (Phi) is 4.86. The van der Waals surface area contributed by atoms with E-state index in [1.807, 2.05) is 0 Å². The first-order chi connectivity index (χ1) is 12.5. The summed E-state index contributed by atoms with van der Waals surface area (Å²) in [7, 11) is 4.14. The van der Waals surface area contributed by atoms with Gasteiger partial charge in [-0.15, -0.1) is 0 Å². The average Bonchev–Trinajstić information content (AvgIpc) is 3.49. The third-order valence-electron chi connectivity index (χ3n) is 6.38. The van der Waals surface area contributed by atoms with Crippen molar-refractivity contribution in [2.75, 3.05) is 51.7 Å². The van der Waals surface area contributed by atoms with Crippen LogP contribution in [-0.2, 0) is 4.79 Å². The lowest BCUT2D eigenvalue weighted by Crippen LogP contribution is -2.52. The number of rotatable bonds is 5. The van der Waals surface area contributed by atoms with Gasteiger partial charge in [-0.2, -0.15) is 0 Å². The highest BCUT2D eigenvalue weighted by Gasteiger charge is 2.41. The lowest BCUT2D eigenvalue weighted by Gasteiger charge is -2.47. The van der Waals surface area contributed by atoms with E-state index in [0.717, 1.165) is 57.8 Å². The SMILES string of the molecule is CN(C)CCN1CC2(CCC1=O)CCN(c1cc(C3CC3)ncn1)CC2. The van der Waals surface area contributed by atoms with Gasteiger partial charge in [-0.25, -0.2) is 9.97 Å². The standard InChI is InChI=1S/C20H31N5O/c1-23(2)11-12-25-14-20(6-5-19(25)26)7-9-24(10-8-20)18-13-17(16-3-4-16)21-15-22-18/h13,15-16H,3-12,14H2,1-2H3. The van der Waals surface area contributed by atoms with Crippen LogP contribution in [0.1, 0.15) is 50.1 Å². The highest BCUT2D eigenvalue weighted by molar-refractivity contribution is 5.77. The summed E-state index contributed by atoms with van der Waals surface area (Å²) < 4.78 is 0. The lowest BCUT2D eigenvalue weighted by molar-refractivity contribution is -0.138. The van der Waals surface area contributed by atoms with Gasteiger partial charge in [-0.05, 0) is 51.6 Å². The van der Waals surface area contributed by atoms with Crippen LogP contribution in [0.3, 0.4) is 0 Å². The van der Waals surface area contributed by atoms with Crippen molar-refractivity contribution in [3.05, 3.63) is 18.1 Å². The van der Waals surface area contributed by atoms with Crippen molar-refractivity contribution in [1.82, 2.24) is 19.8 Å². The number of amides is 1. The van der Waals surface area contributed by atoms with Crippen LogP contribution in [0.15, 0.2) is 12.4 Å². The first-order valence-electron chi connectivity index (χ1n) is 10.0. The predicted molar refractivity (Wildman–Crippen MR) is 102 cm³/mol. The number of likely N-dealkylation sites (N-methyl/N-ethyl adjacent to an activating group) is 1.